The molecule has 0 aliphatic heterocycles. The van der Waals surface area contributed by atoms with Crippen molar-refractivity contribution >= 4 is 9.84 Å². The summed E-state index contributed by atoms with van der Waals surface area (Å²) in [6, 6.07) is 0. The van der Waals surface area contributed by atoms with Gasteiger partial charge in [0.1, 0.15) is 0 Å². The zero-order valence-electron chi connectivity index (χ0n) is 9.48. The fraction of sp³-hybridized carbons (Fsp3) is 1.00. The Balaban J connectivity index is 2.13. The lowest BCUT2D eigenvalue weighted by atomic mass is 9.82. The zero-order valence-corrected chi connectivity index (χ0v) is 10.3. The van der Waals surface area contributed by atoms with Crippen LogP contribution < -0.4 is 5.73 Å². The Morgan fingerprint density at radius 1 is 1.40 bits per heavy atom. The molecule has 1 rings (SSSR count). The number of hydrogen-bond acceptors (Lipinski definition) is 4. The van der Waals surface area contributed by atoms with Gasteiger partial charge in [-0.25, -0.2) is 8.42 Å². The molecule has 1 aliphatic carbocycles. The van der Waals surface area contributed by atoms with E-state index in [-0.39, 0.29) is 17.1 Å². The van der Waals surface area contributed by atoms with Crippen LogP contribution in [0.25, 0.3) is 0 Å². The van der Waals surface area contributed by atoms with E-state index < -0.39 is 9.84 Å². The van der Waals surface area contributed by atoms with Gasteiger partial charge in [-0.3, -0.25) is 0 Å². The van der Waals surface area contributed by atoms with Crippen LogP contribution in [-0.4, -0.2) is 38.7 Å². The third-order valence-electron chi connectivity index (χ3n) is 2.97. The summed E-state index contributed by atoms with van der Waals surface area (Å²) in [6.07, 6.45) is 2.21. The molecule has 0 bridgehead atoms. The second kappa shape index (κ2) is 5.27. The molecule has 0 saturated heterocycles. The van der Waals surface area contributed by atoms with Gasteiger partial charge in [-0.1, -0.05) is 0 Å². The van der Waals surface area contributed by atoms with Crippen LogP contribution in [0.2, 0.25) is 0 Å². The van der Waals surface area contributed by atoms with Gasteiger partial charge in [0.2, 0.25) is 0 Å². The van der Waals surface area contributed by atoms with E-state index in [1.165, 1.54) is 0 Å². The standard InChI is InChI=1S/C10H21NO3S/c1-8(2)15(12,13)4-3-14-10-5-9(6-10)7-11/h8-10H,3-7,11H2,1-2H3. The van der Waals surface area contributed by atoms with Gasteiger partial charge in [0.25, 0.3) is 0 Å². The molecule has 0 amide bonds. The summed E-state index contributed by atoms with van der Waals surface area (Å²) in [5.41, 5.74) is 5.48. The second-order valence-corrected chi connectivity index (χ2v) is 7.16. The maximum absolute atomic E-state index is 11.4. The topological polar surface area (TPSA) is 69.4 Å². The maximum atomic E-state index is 11.4. The molecule has 15 heavy (non-hydrogen) atoms. The maximum Gasteiger partial charge on any atom is 0.154 e. The van der Waals surface area contributed by atoms with Crippen LogP contribution in [-0.2, 0) is 14.6 Å². The molecule has 90 valence electrons. The molecule has 4 nitrogen and oxygen atoms in total. The lowest BCUT2D eigenvalue weighted by Crippen LogP contribution is -2.37. The Morgan fingerprint density at radius 2 is 2.00 bits per heavy atom. The van der Waals surface area contributed by atoms with Crippen molar-refractivity contribution in [2.75, 3.05) is 18.9 Å². The van der Waals surface area contributed by atoms with E-state index in [9.17, 15) is 8.42 Å². The molecule has 0 heterocycles. The van der Waals surface area contributed by atoms with Crippen molar-refractivity contribution in [3.05, 3.63) is 0 Å². The molecule has 0 aromatic carbocycles. The van der Waals surface area contributed by atoms with E-state index >= 15 is 0 Å². The number of sulfone groups is 1. The van der Waals surface area contributed by atoms with Crippen LogP contribution in [0.15, 0.2) is 0 Å². The highest BCUT2D eigenvalue weighted by molar-refractivity contribution is 7.91. The van der Waals surface area contributed by atoms with Gasteiger partial charge in [0, 0.05) is 0 Å². The quantitative estimate of drug-likeness (QED) is 0.730. The first-order chi connectivity index (χ1) is 6.95. The highest BCUT2D eigenvalue weighted by atomic mass is 32.2. The average Bonchev–Trinajstić information content (AvgIpc) is 2.08. The zero-order chi connectivity index (χ0) is 11.5. The van der Waals surface area contributed by atoms with Crippen molar-refractivity contribution < 1.29 is 13.2 Å². The monoisotopic (exact) mass is 235 g/mol. The highest BCUT2D eigenvalue weighted by Gasteiger charge is 2.28. The third kappa shape index (κ3) is 3.74. The summed E-state index contributed by atoms with van der Waals surface area (Å²) in [7, 11) is -2.95. The van der Waals surface area contributed by atoms with Gasteiger partial charge in [0.05, 0.1) is 23.7 Å². The molecule has 0 aromatic rings. The van der Waals surface area contributed by atoms with Crippen LogP contribution in [0, 0.1) is 5.92 Å². The molecule has 0 aromatic heterocycles. The van der Waals surface area contributed by atoms with E-state index in [1.807, 2.05) is 0 Å². The lowest BCUT2D eigenvalue weighted by molar-refractivity contribution is -0.0207. The predicted octanol–water partition coefficient (Wildman–Crippen LogP) is 0.564. The predicted molar refractivity (Wildman–Crippen MR) is 60.4 cm³/mol. The van der Waals surface area contributed by atoms with E-state index in [0.717, 1.165) is 12.8 Å². The molecule has 1 aliphatic rings. The molecule has 1 fully saturated rings. The van der Waals surface area contributed by atoms with Gasteiger partial charge in [0.15, 0.2) is 9.84 Å². The molecule has 0 radical (unpaired) electrons. The molecule has 0 unspecified atom stereocenters. The number of nitrogens with two attached hydrogens (primary N) is 1. The fourth-order valence-corrected chi connectivity index (χ4v) is 2.37. The molecule has 0 spiro atoms. The van der Waals surface area contributed by atoms with Crippen LogP contribution >= 0.6 is 0 Å². The minimum absolute atomic E-state index is 0.133. The highest BCUT2D eigenvalue weighted by Crippen LogP contribution is 2.28. The third-order valence-corrected chi connectivity index (χ3v) is 5.14. The summed E-state index contributed by atoms with van der Waals surface area (Å²) < 4.78 is 28.3. The van der Waals surface area contributed by atoms with Crippen LogP contribution in [0.5, 0.6) is 0 Å². The first kappa shape index (κ1) is 12.9. The summed E-state index contributed by atoms with van der Waals surface area (Å²) in [5.74, 6) is 0.714. The van der Waals surface area contributed by atoms with Crippen LogP contribution in [0.3, 0.4) is 0 Å². The van der Waals surface area contributed by atoms with Crippen molar-refractivity contribution in [2.24, 2.45) is 11.7 Å². The van der Waals surface area contributed by atoms with E-state index in [4.69, 9.17) is 10.5 Å². The molecular weight excluding hydrogens is 214 g/mol. The van der Waals surface area contributed by atoms with E-state index in [2.05, 4.69) is 0 Å². The van der Waals surface area contributed by atoms with Crippen LogP contribution in [0.1, 0.15) is 26.7 Å². The summed E-state index contributed by atoms with van der Waals surface area (Å²) >= 11 is 0. The lowest BCUT2D eigenvalue weighted by Gasteiger charge is -2.34. The molecule has 0 atom stereocenters. The Morgan fingerprint density at radius 3 is 2.47 bits per heavy atom. The summed E-state index contributed by atoms with van der Waals surface area (Å²) in [4.78, 5) is 0. The van der Waals surface area contributed by atoms with Gasteiger partial charge in [-0.2, -0.15) is 0 Å². The van der Waals surface area contributed by atoms with E-state index in [0.29, 0.717) is 19.1 Å². The first-order valence-electron chi connectivity index (χ1n) is 5.49. The minimum Gasteiger partial charge on any atom is -0.377 e. The Bertz CT molecular complexity index is 281. The van der Waals surface area contributed by atoms with Gasteiger partial charge >= 0.3 is 0 Å². The summed E-state index contributed by atoms with van der Waals surface area (Å²) in [5, 5.41) is -0.306. The molecule has 1 saturated carbocycles. The fourth-order valence-electron chi connectivity index (χ4n) is 1.57. The van der Waals surface area contributed by atoms with E-state index in [1.54, 1.807) is 13.8 Å². The molecule has 5 heteroatoms. The first-order valence-corrected chi connectivity index (χ1v) is 7.20. The van der Waals surface area contributed by atoms with Gasteiger partial charge in [-0.15, -0.1) is 0 Å². The Kier molecular flexibility index (Phi) is 4.55. The minimum atomic E-state index is -2.95. The Hall–Kier alpha value is -0.130. The average molecular weight is 235 g/mol. The van der Waals surface area contributed by atoms with Crippen molar-refractivity contribution in [3.8, 4) is 0 Å². The molecular formula is C10H21NO3S. The molecule has 2 N–H and O–H groups in total. The Labute approximate surface area is 92.1 Å². The van der Waals surface area contributed by atoms with Crippen molar-refractivity contribution in [3.63, 3.8) is 0 Å². The largest absolute Gasteiger partial charge is 0.377 e. The van der Waals surface area contributed by atoms with Crippen molar-refractivity contribution in [2.45, 2.75) is 38.0 Å². The number of rotatable bonds is 6. The SMILES string of the molecule is CC(C)S(=O)(=O)CCOC1CC(CN)C1. The summed E-state index contributed by atoms with van der Waals surface area (Å²) in [6.45, 7) is 4.43. The second-order valence-electron chi connectivity index (χ2n) is 4.48. The smallest absolute Gasteiger partial charge is 0.154 e. The van der Waals surface area contributed by atoms with Gasteiger partial charge < -0.3 is 10.5 Å². The van der Waals surface area contributed by atoms with Crippen molar-refractivity contribution in [1.29, 1.82) is 0 Å². The van der Waals surface area contributed by atoms with Crippen molar-refractivity contribution in [1.82, 2.24) is 0 Å². The van der Waals surface area contributed by atoms with Gasteiger partial charge in [-0.05, 0) is 39.2 Å². The number of ether oxygens (including phenoxy) is 1. The normalized spacial score (nSPS) is 26.7. The number of hydrogen-bond donors (Lipinski definition) is 1. The van der Waals surface area contributed by atoms with Crippen LogP contribution in [0.4, 0.5) is 0 Å².